The Labute approximate surface area is 105 Å². The van der Waals surface area contributed by atoms with E-state index < -0.39 is 0 Å². The predicted octanol–water partition coefficient (Wildman–Crippen LogP) is 2.88. The van der Waals surface area contributed by atoms with Crippen LogP contribution in [-0.4, -0.2) is 19.8 Å². The SMILES string of the molecule is COCC(C)Oc1ccc(C(C)N)cc1Br. The van der Waals surface area contributed by atoms with Crippen molar-refractivity contribution in [1.82, 2.24) is 0 Å². The van der Waals surface area contributed by atoms with E-state index in [4.69, 9.17) is 15.2 Å². The summed E-state index contributed by atoms with van der Waals surface area (Å²) in [6.07, 6.45) is 0.0300. The van der Waals surface area contributed by atoms with E-state index in [0.29, 0.717) is 6.61 Å². The number of hydrogen-bond donors (Lipinski definition) is 1. The molecule has 2 atom stereocenters. The molecule has 16 heavy (non-hydrogen) atoms. The number of nitrogens with two attached hydrogens (primary N) is 1. The summed E-state index contributed by atoms with van der Waals surface area (Å²) in [6, 6.07) is 5.92. The molecule has 2 unspecified atom stereocenters. The molecule has 0 spiro atoms. The summed E-state index contributed by atoms with van der Waals surface area (Å²) in [5.41, 5.74) is 6.88. The van der Waals surface area contributed by atoms with E-state index >= 15 is 0 Å². The lowest BCUT2D eigenvalue weighted by molar-refractivity contribution is 0.0915. The van der Waals surface area contributed by atoms with Crippen molar-refractivity contribution >= 4 is 15.9 Å². The number of methoxy groups -OCH3 is 1. The molecule has 0 saturated heterocycles. The average Bonchev–Trinajstić information content (AvgIpc) is 2.21. The third kappa shape index (κ3) is 3.77. The quantitative estimate of drug-likeness (QED) is 0.906. The van der Waals surface area contributed by atoms with E-state index in [0.717, 1.165) is 15.8 Å². The largest absolute Gasteiger partial charge is 0.487 e. The monoisotopic (exact) mass is 287 g/mol. The summed E-state index contributed by atoms with van der Waals surface area (Å²) in [6.45, 7) is 4.49. The summed E-state index contributed by atoms with van der Waals surface area (Å²) in [4.78, 5) is 0. The fraction of sp³-hybridized carbons (Fsp3) is 0.500. The van der Waals surface area contributed by atoms with E-state index in [1.54, 1.807) is 7.11 Å². The molecular weight excluding hydrogens is 270 g/mol. The van der Waals surface area contributed by atoms with Gasteiger partial charge < -0.3 is 15.2 Å². The molecular formula is C12H18BrNO2. The van der Waals surface area contributed by atoms with Crippen LogP contribution >= 0.6 is 15.9 Å². The number of ether oxygens (including phenoxy) is 2. The summed E-state index contributed by atoms with van der Waals surface area (Å²) >= 11 is 3.47. The molecule has 3 nitrogen and oxygen atoms in total. The van der Waals surface area contributed by atoms with Gasteiger partial charge in [-0.15, -0.1) is 0 Å². The van der Waals surface area contributed by atoms with Crippen molar-refractivity contribution < 1.29 is 9.47 Å². The average molecular weight is 288 g/mol. The van der Waals surface area contributed by atoms with Gasteiger partial charge in [0, 0.05) is 13.2 Å². The predicted molar refractivity (Wildman–Crippen MR) is 68.7 cm³/mol. The molecule has 0 aliphatic carbocycles. The zero-order valence-corrected chi connectivity index (χ0v) is 11.5. The number of benzene rings is 1. The molecule has 0 radical (unpaired) electrons. The van der Waals surface area contributed by atoms with Crippen molar-refractivity contribution in [3.8, 4) is 5.75 Å². The fourth-order valence-electron chi connectivity index (χ4n) is 1.38. The highest BCUT2D eigenvalue weighted by atomic mass is 79.9. The lowest BCUT2D eigenvalue weighted by atomic mass is 10.1. The first-order valence-corrected chi connectivity index (χ1v) is 6.04. The van der Waals surface area contributed by atoms with Crippen LogP contribution < -0.4 is 10.5 Å². The van der Waals surface area contributed by atoms with Gasteiger partial charge >= 0.3 is 0 Å². The van der Waals surface area contributed by atoms with Gasteiger partial charge in [0.15, 0.2) is 0 Å². The molecule has 0 aliphatic rings. The van der Waals surface area contributed by atoms with Gasteiger partial charge in [-0.25, -0.2) is 0 Å². The van der Waals surface area contributed by atoms with Crippen LogP contribution in [0.1, 0.15) is 25.5 Å². The van der Waals surface area contributed by atoms with Gasteiger partial charge in [0.2, 0.25) is 0 Å². The number of rotatable bonds is 5. The van der Waals surface area contributed by atoms with Gasteiger partial charge in [-0.1, -0.05) is 6.07 Å². The zero-order chi connectivity index (χ0) is 12.1. The Bertz CT molecular complexity index is 342. The van der Waals surface area contributed by atoms with Crippen LogP contribution in [0.25, 0.3) is 0 Å². The fourth-order valence-corrected chi connectivity index (χ4v) is 1.87. The summed E-state index contributed by atoms with van der Waals surface area (Å²) in [7, 11) is 1.66. The van der Waals surface area contributed by atoms with Crippen LogP contribution in [0, 0.1) is 0 Å². The number of halogens is 1. The second-order valence-electron chi connectivity index (χ2n) is 3.86. The third-order valence-electron chi connectivity index (χ3n) is 2.21. The molecule has 0 saturated carbocycles. The van der Waals surface area contributed by atoms with Gasteiger partial charge in [0.25, 0.3) is 0 Å². The maximum Gasteiger partial charge on any atom is 0.134 e. The maximum atomic E-state index is 5.80. The van der Waals surface area contributed by atoms with Crippen molar-refractivity contribution in [2.24, 2.45) is 5.73 Å². The highest BCUT2D eigenvalue weighted by Gasteiger charge is 2.08. The molecule has 2 N–H and O–H groups in total. The molecule has 0 aromatic heterocycles. The second kappa shape index (κ2) is 6.23. The molecule has 0 aliphatic heterocycles. The van der Waals surface area contributed by atoms with Crippen LogP contribution in [0.4, 0.5) is 0 Å². The smallest absolute Gasteiger partial charge is 0.134 e. The van der Waals surface area contributed by atoms with Crippen molar-refractivity contribution in [1.29, 1.82) is 0 Å². The molecule has 0 bridgehead atoms. The molecule has 1 rings (SSSR count). The first kappa shape index (κ1) is 13.5. The Morgan fingerprint density at radius 2 is 2.06 bits per heavy atom. The van der Waals surface area contributed by atoms with Gasteiger partial charge in [-0.2, -0.15) is 0 Å². The standard InChI is InChI=1S/C12H18BrNO2/c1-8(7-15-3)16-12-5-4-10(9(2)14)6-11(12)13/h4-6,8-9H,7,14H2,1-3H3. The van der Waals surface area contributed by atoms with Crippen molar-refractivity contribution in [3.05, 3.63) is 28.2 Å². The topological polar surface area (TPSA) is 44.5 Å². The highest BCUT2D eigenvalue weighted by molar-refractivity contribution is 9.10. The van der Waals surface area contributed by atoms with Crippen LogP contribution in [0.5, 0.6) is 5.75 Å². The van der Waals surface area contributed by atoms with E-state index in [1.807, 2.05) is 32.0 Å². The Balaban J connectivity index is 2.75. The third-order valence-corrected chi connectivity index (χ3v) is 2.83. The van der Waals surface area contributed by atoms with Gasteiger partial charge in [0.1, 0.15) is 11.9 Å². The molecule has 1 aromatic rings. The first-order chi connectivity index (χ1) is 7.54. The molecule has 90 valence electrons. The minimum atomic E-state index is 0.0294. The molecule has 4 heteroatoms. The maximum absolute atomic E-state index is 5.80. The lowest BCUT2D eigenvalue weighted by Gasteiger charge is -2.16. The highest BCUT2D eigenvalue weighted by Crippen LogP contribution is 2.28. The lowest BCUT2D eigenvalue weighted by Crippen LogP contribution is -2.18. The Kier molecular flexibility index (Phi) is 5.25. The van der Waals surface area contributed by atoms with Gasteiger partial charge in [-0.05, 0) is 47.5 Å². The molecule has 1 aromatic carbocycles. The normalized spacial score (nSPS) is 14.6. The van der Waals surface area contributed by atoms with Gasteiger partial charge in [-0.3, -0.25) is 0 Å². The van der Waals surface area contributed by atoms with Crippen LogP contribution in [0.2, 0.25) is 0 Å². The first-order valence-electron chi connectivity index (χ1n) is 5.25. The van der Waals surface area contributed by atoms with E-state index in [9.17, 15) is 0 Å². The molecule has 0 fully saturated rings. The Hall–Kier alpha value is -0.580. The van der Waals surface area contributed by atoms with Crippen LogP contribution in [0.15, 0.2) is 22.7 Å². The molecule has 0 heterocycles. The van der Waals surface area contributed by atoms with E-state index in [2.05, 4.69) is 15.9 Å². The number of hydrogen-bond acceptors (Lipinski definition) is 3. The van der Waals surface area contributed by atoms with Crippen molar-refractivity contribution in [3.63, 3.8) is 0 Å². The molecule has 0 amide bonds. The van der Waals surface area contributed by atoms with Crippen LogP contribution in [0.3, 0.4) is 0 Å². The van der Waals surface area contributed by atoms with Crippen molar-refractivity contribution in [2.75, 3.05) is 13.7 Å². The van der Waals surface area contributed by atoms with Gasteiger partial charge in [0.05, 0.1) is 11.1 Å². The minimum absolute atomic E-state index is 0.0294. The minimum Gasteiger partial charge on any atom is -0.487 e. The summed E-state index contributed by atoms with van der Waals surface area (Å²) in [5.74, 6) is 0.814. The second-order valence-corrected chi connectivity index (χ2v) is 4.72. The van der Waals surface area contributed by atoms with E-state index in [-0.39, 0.29) is 12.1 Å². The van der Waals surface area contributed by atoms with Crippen molar-refractivity contribution in [2.45, 2.75) is 26.0 Å². The Morgan fingerprint density at radius 3 is 2.56 bits per heavy atom. The summed E-state index contributed by atoms with van der Waals surface area (Å²) in [5, 5.41) is 0. The summed E-state index contributed by atoms with van der Waals surface area (Å²) < 4.78 is 11.6. The van der Waals surface area contributed by atoms with Crippen LogP contribution in [-0.2, 0) is 4.74 Å². The Morgan fingerprint density at radius 1 is 1.38 bits per heavy atom. The zero-order valence-electron chi connectivity index (χ0n) is 9.87. The van der Waals surface area contributed by atoms with E-state index in [1.165, 1.54) is 0 Å².